The van der Waals surface area contributed by atoms with Crippen LogP contribution in [-0.2, 0) is 0 Å². The second-order valence-corrected chi connectivity index (χ2v) is 9.67. The standard InChI is InChI=1S/C25H16N4OS3/c1-32-24-26-19(16-12-11-14-7-5-6-8-15(14)13-16)18-20-21(33-22(18)28-24)23(30)29(25(31)27-20)17-9-3-2-4-10-17/h2-13H,1H3,(H,27,31). The number of H-pyrrole nitrogens is 1. The van der Waals surface area contributed by atoms with Crippen molar-refractivity contribution in [3.63, 3.8) is 0 Å². The highest BCUT2D eigenvalue weighted by atomic mass is 32.2. The summed E-state index contributed by atoms with van der Waals surface area (Å²) in [5, 5.41) is 3.79. The van der Waals surface area contributed by atoms with Crippen molar-refractivity contribution in [3.8, 4) is 16.9 Å². The van der Waals surface area contributed by atoms with Gasteiger partial charge in [0, 0.05) is 5.56 Å². The van der Waals surface area contributed by atoms with Gasteiger partial charge in [-0.3, -0.25) is 9.36 Å². The minimum Gasteiger partial charge on any atom is -0.330 e. The lowest BCUT2D eigenvalue weighted by atomic mass is 10.0. The summed E-state index contributed by atoms with van der Waals surface area (Å²) in [6.07, 6.45) is 1.95. The Morgan fingerprint density at radius 3 is 2.52 bits per heavy atom. The number of aromatic nitrogens is 4. The highest BCUT2D eigenvalue weighted by Crippen LogP contribution is 2.38. The lowest BCUT2D eigenvalue weighted by molar-refractivity contribution is 0.944. The van der Waals surface area contributed by atoms with Gasteiger partial charge in [0.25, 0.3) is 5.56 Å². The Morgan fingerprint density at radius 2 is 1.73 bits per heavy atom. The molecule has 0 aliphatic rings. The van der Waals surface area contributed by atoms with Crippen LogP contribution in [0.5, 0.6) is 0 Å². The monoisotopic (exact) mass is 484 g/mol. The first kappa shape index (κ1) is 20.3. The topological polar surface area (TPSA) is 63.6 Å². The number of fused-ring (bicyclic) bond motifs is 4. The third-order valence-corrected chi connectivity index (χ3v) is 7.49. The summed E-state index contributed by atoms with van der Waals surface area (Å²) in [6, 6.07) is 24.0. The fourth-order valence-electron chi connectivity index (χ4n) is 4.06. The molecular formula is C25H16N4OS3. The first-order valence-electron chi connectivity index (χ1n) is 10.2. The second-order valence-electron chi connectivity index (χ2n) is 7.51. The lowest BCUT2D eigenvalue weighted by Crippen LogP contribution is -2.19. The minimum absolute atomic E-state index is 0.155. The fraction of sp³-hybridized carbons (Fsp3) is 0.0400. The van der Waals surface area contributed by atoms with Gasteiger partial charge in [-0.2, -0.15) is 0 Å². The maximum atomic E-state index is 13.5. The fourth-order valence-corrected chi connectivity index (χ4v) is 5.83. The zero-order chi connectivity index (χ0) is 22.5. The third-order valence-electron chi connectivity index (χ3n) is 5.58. The van der Waals surface area contributed by atoms with Crippen LogP contribution in [0.1, 0.15) is 0 Å². The predicted octanol–water partition coefficient (Wildman–Crippen LogP) is 6.60. The number of nitrogens with zero attached hydrogens (tertiary/aromatic N) is 3. The Morgan fingerprint density at radius 1 is 0.970 bits per heavy atom. The van der Waals surface area contributed by atoms with Gasteiger partial charge in [-0.15, -0.1) is 11.3 Å². The van der Waals surface area contributed by atoms with Gasteiger partial charge in [0.2, 0.25) is 0 Å². The van der Waals surface area contributed by atoms with E-state index in [9.17, 15) is 4.79 Å². The molecule has 0 fully saturated rings. The van der Waals surface area contributed by atoms with Crippen LogP contribution >= 0.6 is 35.3 Å². The summed E-state index contributed by atoms with van der Waals surface area (Å²) in [5.41, 5.74) is 3.03. The van der Waals surface area contributed by atoms with Gasteiger partial charge in [-0.05, 0) is 47.4 Å². The lowest BCUT2D eigenvalue weighted by Gasteiger charge is -2.08. The van der Waals surface area contributed by atoms with E-state index in [-0.39, 0.29) is 5.56 Å². The molecular weight excluding hydrogens is 469 g/mol. The number of hydrogen-bond donors (Lipinski definition) is 1. The quantitative estimate of drug-likeness (QED) is 0.174. The van der Waals surface area contributed by atoms with Gasteiger partial charge >= 0.3 is 0 Å². The molecule has 3 aromatic heterocycles. The molecule has 0 aliphatic carbocycles. The number of para-hydroxylation sites is 1. The average molecular weight is 485 g/mol. The molecule has 0 bridgehead atoms. The molecule has 6 rings (SSSR count). The molecule has 0 spiro atoms. The first-order chi connectivity index (χ1) is 16.1. The van der Waals surface area contributed by atoms with E-state index in [1.807, 2.05) is 48.7 Å². The Bertz CT molecular complexity index is 1800. The smallest absolute Gasteiger partial charge is 0.276 e. The van der Waals surface area contributed by atoms with Crippen LogP contribution in [0.15, 0.2) is 82.7 Å². The third kappa shape index (κ3) is 3.30. The number of rotatable bonds is 3. The first-order valence-corrected chi connectivity index (χ1v) is 12.7. The normalized spacial score (nSPS) is 11.5. The maximum absolute atomic E-state index is 13.5. The molecule has 0 saturated carbocycles. The number of benzene rings is 3. The van der Waals surface area contributed by atoms with E-state index in [0.29, 0.717) is 20.1 Å². The molecule has 33 heavy (non-hydrogen) atoms. The van der Waals surface area contributed by atoms with Crippen molar-refractivity contribution >= 4 is 66.5 Å². The van der Waals surface area contributed by atoms with Gasteiger partial charge < -0.3 is 4.98 Å². The van der Waals surface area contributed by atoms with Crippen LogP contribution in [0.3, 0.4) is 0 Å². The summed E-state index contributed by atoms with van der Waals surface area (Å²) in [5.74, 6) is 0. The van der Waals surface area contributed by atoms with Crippen LogP contribution in [-0.4, -0.2) is 25.8 Å². The summed E-state index contributed by atoms with van der Waals surface area (Å²) in [4.78, 5) is 27.2. The van der Waals surface area contributed by atoms with Crippen molar-refractivity contribution < 1.29 is 0 Å². The van der Waals surface area contributed by atoms with Gasteiger partial charge in [0.1, 0.15) is 9.53 Å². The zero-order valence-corrected chi connectivity index (χ0v) is 19.9. The number of thioether (sulfide) groups is 1. The highest BCUT2D eigenvalue weighted by molar-refractivity contribution is 7.98. The van der Waals surface area contributed by atoms with E-state index in [0.717, 1.165) is 37.9 Å². The Hall–Kier alpha value is -3.33. The SMILES string of the molecule is CSc1nc(-c2ccc3ccccc3c2)c2c(n1)sc1c(=O)n(-c3ccccc3)c(=S)[nH]c12. The Labute approximate surface area is 201 Å². The van der Waals surface area contributed by atoms with Crippen molar-refractivity contribution in [2.24, 2.45) is 0 Å². The summed E-state index contributed by atoms with van der Waals surface area (Å²) in [6.45, 7) is 0. The summed E-state index contributed by atoms with van der Waals surface area (Å²) < 4.78 is 2.46. The van der Waals surface area contributed by atoms with Crippen molar-refractivity contribution in [1.29, 1.82) is 0 Å². The molecule has 5 nitrogen and oxygen atoms in total. The van der Waals surface area contributed by atoms with Crippen molar-refractivity contribution in [3.05, 3.63) is 87.9 Å². The van der Waals surface area contributed by atoms with Crippen molar-refractivity contribution in [1.82, 2.24) is 19.5 Å². The molecule has 3 heterocycles. The van der Waals surface area contributed by atoms with Crippen LogP contribution in [0.2, 0.25) is 0 Å². The van der Waals surface area contributed by atoms with E-state index < -0.39 is 0 Å². The molecule has 0 radical (unpaired) electrons. The maximum Gasteiger partial charge on any atom is 0.276 e. The molecule has 0 amide bonds. The molecule has 0 atom stereocenters. The van der Waals surface area contributed by atoms with Crippen LogP contribution in [0, 0.1) is 4.77 Å². The van der Waals surface area contributed by atoms with Gasteiger partial charge in [0.05, 0.1) is 22.3 Å². The van der Waals surface area contributed by atoms with E-state index in [1.54, 1.807) is 0 Å². The van der Waals surface area contributed by atoms with Crippen LogP contribution in [0.4, 0.5) is 0 Å². The molecule has 160 valence electrons. The van der Waals surface area contributed by atoms with E-state index in [1.165, 1.54) is 27.7 Å². The van der Waals surface area contributed by atoms with Crippen molar-refractivity contribution in [2.45, 2.75) is 5.16 Å². The molecule has 0 unspecified atom stereocenters. The molecule has 1 N–H and O–H groups in total. The Balaban J connectivity index is 1.71. The van der Waals surface area contributed by atoms with E-state index in [2.05, 4.69) is 35.3 Å². The van der Waals surface area contributed by atoms with Crippen LogP contribution in [0.25, 0.3) is 48.2 Å². The molecule has 6 aromatic rings. The molecule has 0 saturated heterocycles. The summed E-state index contributed by atoms with van der Waals surface area (Å²) in [7, 11) is 0. The summed E-state index contributed by atoms with van der Waals surface area (Å²) >= 11 is 8.47. The second kappa shape index (κ2) is 7.91. The van der Waals surface area contributed by atoms with E-state index in [4.69, 9.17) is 22.2 Å². The van der Waals surface area contributed by atoms with Gasteiger partial charge in [0.15, 0.2) is 9.93 Å². The van der Waals surface area contributed by atoms with Crippen molar-refractivity contribution in [2.75, 3.05) is 6.26 Å². The largest absolute Gasteiger partial charge is 0.330 e. The minimum atomic E-state index is -0.155. The zero-order valence-electron chi connectivity index (χ0n) is 17.4. The number of hydrogen-bond acceptors (Lipinski definition) is 6. The molecule has 3 aromatic carbocycles. The van der Waals surface area contributed by atoms with E-state index >= 15 is 0 Å². The number of aromatic amines is 1. The molecule has 0 aliphatic heterocycles. The van der Waals surface area contributed by atoms with Gasteiger partial charge in [-0.25, -0.2) is 9.97 Å². The molecule has 8 heteroatoms. The van der Waals surface area contributed by atoms with Crippen LogP contribution < -0.4 is 5.56 Å². The number of thiophene rings is 1. The Kier molecular flexibility index (Phi) is 4.86. The van der Waals surface area contributed by atoms with Gasteiger partial charge in [-0.1, -0.05) is 66.4 Å². The highest BCUT2D eigenvalue weighted by Gasteiger charge is 2.20. The number of nitrogens with one attached hydrogen (secondary N) is 1. The predicted molar refractivity (Wildman–Crippen MR) is 140 cm³/mol. The average Bonchev–Trinajstić information content (AvgIpc) is 3.22.